The minimum Gasteiger partial charge on any atom is -0.493 e. The van der Waals surface area contributed by atoms with Crippen LogP contribution < -0.4 is 4.74 Å². The van der Waals surface area contributed by atoms with Gasteiger partial charge in [0.2, 0.25) is 0 Å². The Morgan fingerprint density at radius 1 is 0.636 bits per heavy atom. The molecule has 3 aromatic rings. The molecule has 0 unspecified atom stereocenters. The lowest BCUT2D eigenvalue weighted by atomic mass is 10.0. The van der Waals surface area contributed by atoms with Crippen LogP contribution in [-0.4, -0.2) is 6.61 Å². The standard InChI is InChI=1S/C21H20O/c1-3-10-18(11-4-1)12-9-17-22-21-16-8-7-15-20(21)19-13-5-2-6-14-19/h1-8,10-11,13-16H,9,12,17H2. The Labute approximate surface area is 132 Å². The number of rotatable bonds is 6. The number of ether oxygens (including phenoxy) is 1. The SMILES string of the molecule is c1ccc(CCCOc2ccccc2-c2ccccc2)cc1. The second kappa shape index (κ2) is 7.46. The molecule has 22 heavy (non-hydrogen) atoms. The van der Waals surface area contributed by atoms with E-state index in [-0.39, 0.29) is 0 Å². The average Bonchev–Trinajstić information content (AvgIpc) is 2.61. The Bertz CT molecular complexity index is 689. The molecule has 3 rings (SSSR count). The quantitative estimate of drug-likeness (QED) is 0.554. The van der Waals surface area contributed by atoms with E-state index < -0.39 is 0 Å². The molecule has 0 aliphatic rings. The summed E-state index contributed by atoms with van der Waals surface area (Å²) in [5.41, 5.74) is 3.71. The van der Waals surface area contributed by atoms with Gasteiger partial charge in [0.25, 0.3) is 0 Å². The van der Waals surface area contributed by atoms with Crippen molar-refractivity contribution < 1.29 is 4.74 Å². The molecule has 1 nitrogen and oxygen atoms in total. The predicted molar refractivity (Wildman–Crippen MR) is 92.1 cm³/mol. The molecule has 0 spiro atoms. The first kappa shape index (κ1) is 14.4. The van der Waals surface area contributed by atoms with Gasteiger partial charge in [0.1, 0.15) is 5.75 Å². The molecule has 0 amide bonds. The summed E-state index contributed by atoms with van der Waals surface area (Å²) in [5, 5.41) is 0. The van der Waals surface area contributed by atoms with E-state index in [4.69, 9.17) is 4.74 Å². The summed E-state index contributed by atoms with van der Waals surface area (Å²) in [7, 11) is 0. The topological polar surface area (TPSA) is 9.23 Å². The summed E-state index contributed by atoms with van der Waals surface area (Å²) >= 11 is 0. The third kappa shape index (κ3) is 3.76. The van der Waals surface area contributed by atoms with Gasteiger partial charge >= 0.3 is 0 Å². The summed E-state index contributed by atoms with van der Waals surface area (Å²) in [6.07, 6.45) is 2.07. The highest BCUT2D eigenvalue weighted by Gasteiger charge is 2.04. The molecule has 110 valence electrons. The summed E-state index contributed by atoms with van der Waals surface area (Å²) in [6.45, 7) is 0.735. The van der Waals surface area contributed by atoms with Crippen molar-refractivity contribution in [3.63, 3.8) is 0 Å². The van der Waals surface area contributed by atoms with Gasteiger partial charge < -0.3 is 4.74 Å². The van der Waals surface area contributed by atoms with Gasteiger partial charge in [0.05, 0.1) is 6.61 Å². The Morgan fingerprint density at radius 3 is 2.05 bits per heavy atom. The molecule has 0 atom stereocenters. The fourth-order valence-corrected chi connectivity index (χ4v) is 2.55. The monoisotopic (exact) mass is 288 g/mol. The van der Waals surface area contributed by atoms with Crippen LogP contribution in [0.4, 0.5) is 0 Å². The Balaban J connectivity index is 1.61. The maximum atomic E-state index is 6.01. The zero-order valence-electron chi connectivity index (χ0n) is 12.6. The number of hydrogen-bond acceptors (Lipinski definition) is 1. The first-order valence-corrected chi connectivity index (χ1v) is 7.75. The molecule has 0 aromatic heterocycles. The first-order chi connectivity index (χ1) is 10.9. The second-order valence-corrected chi connectivity index (χ2v) is 5.30. The molecule has 0 N–H and O–H groups in total. The maximum Gasteiger partial charge on any atom is 0.127 e. The van der Waals surface area contributed by atoms with Gasteiger partial charge in [0.15, 0.2) is 0 Å². The van der Waals surface area contributed by atoms with Gasteiger partial charge in [-0.3, -0.25) is 0 Å². The molecule has 0 heterocycles. The van der Waals surface area contributed by atoms with E-state index in [0.29, 0.717) is 0 Å². The molecule has 1 heteroatoms. The largest absolute Gasteiger partial charge is 0.493 e. The third-order valence-electron chi connectivity index (χ3n) is 3.68. The third-order valence-corrected chi connectivity index (χ3v) is 3.68. The van der Waals surface area contributed by atoms with Crippen LogP contribution in [0.25, 0.3) is 11.1 Å². The highest BCUT2D eigenvalue weighted by atomic mass is 16.5. The molecular formula is C21H20O. The maximum absolute atomic E-state index is 6.01. The number of aryl methyl sites for hydroxylation is 1. The van der Waals surface area contributed by atoms with E-state index >= 15 is 0 Å². The van der Waals surface area contributed by atoms with Gasteiger partial charge in [-0.2, -0.15) is 0 Å². The normalized spacial score (nSPS) is 10.4. The lowest BCUT2D eigenvalue weighted by Gasteiger charge is -2.11. The smallest absolute Gasteiger partial charge is 0.127 e. The van der Waals surface area contributed by atoms with Gasteiger partial charge in [-0.05, 0) is 30.0 Å². The van der Waals surface area contributed by atoms with Crippen LogP contribution in [0.1, 0.15) is 12.0 Å². The van der Waals surface area contributed by atoms with Gasteiger partial charge in [0, 0.05) is 5.56 Å². The van der Waals surface area contributed by atoms with Gasteiger partial charge in [-0.25, -0.2) is 0 Å². The predicted octanol–water partition coefficient (Wildman–Crippen LogP) is 5.37. The van der Waals surface area contributed by atoms with Crippen molar-refractivity contribution in [3.05, 3.63) is 90.5 Å². The van der Waals surface area contributed by atoms with Crippen LogP contribution >= 0.6 is 0 Å². The van der Waals surface area contributed by atoms with E-state index in [0.717, 1.165) is 30.8 Å². The Morgan fingerprint density at radius 2 is 1.27 bits per heavy atom. The van der Waals surface area contributed by atoms with Crippen molar-refractivity contribution in [2.24, 2.45) is 0 Å². The van der Waals surface area contributed by atoms with Crippen molar-refractivity contribution >= 4 is 0 Å². The van der Waals surface area contributed by atoms with E-state index in [1.54, 1.807) is 0 Å². The minimum atomic E-state index is 0.735. The number of hydrogen-bond donors (Lipinski definition) is 0. The van der Waals surface area contributed by atoms with Crippen molar-refractivity contribution in [3.8, 4) is 16.9 Å². The number of benzene rings is 3. The van der Waals surface area contributed by atoms with Crippen LogP contribution in [0, 0.1) is 0 Å². The van der Waals surface area contributed by atoms with Crippen LogP contribution in [0.3, 0.4) is 0 Å². The van der Waals surface area contributed by atoms with Crippen molar-refractivity contribution in [1.29, 1.82) is 0 Å². The first-order valence-electron chi connectivity index (χ1n) is 7.75. The van der Waals surface area contributed by atoms with Gasteiger partial charge in [-0.15, -0.1) is 0 Å². The fourth-order valence-electron chi connectivity index (χ4n) is 2.55. The van der Waals surface area contributed by atoms with E-state index in [2.05, 4.69) is 66.7 Å². The fraction of sp³-hybridized carbons (Fsp3) is 0.143. The van der Waals surface area contributed by atoms with Crippen LogP contribution in [0.5, 0.6) is 5.75 Å². The van der Waals surface area contributed by atoms with Crippen molar-refractivity contribution in [1.82, 2.24) is 0 Å². The highest BCUT2D eigenvalue weighted by Crippen LogP contribution is 2.29. The van der Waals surface area contributed by atoms with Crippen LogP contribution in [-0.2, 0) is 6.42 Å². The summed E-state index contributed by atoms with van der Waals surface area (Å²) < 4.78 is 6.01. The van der Waals surface area contributed by atoms with Crippen LogP contribution in [0.15, 0.2) is 84.9 Å². The Kier molecular flexibility index (Phi) is 4.88. The number of para-hydroxylation sites is 1. The zero-order chi connectivity index (χ0) is 15.0. The summed E-state index contributed by atoms with van der Waals surface area (Å²) in [5.74, 6) is 0.960. The van der Waals surface area contributed by atoms with E-state index in [1.807, 2.05) is 18.2 Å². The summed E-state index contributed by atoms with van der Waals surface area (Å²) in [6, 6.07) is 29.2. The molecule has 0 bridgehead atoms. The van der Waals surface area contributed by atoms with Crippen LogP contribution in [0.2, 0.25) is 0 Å². The average molecular weight is 288 g/mol. The molecule has 0 aliphatic heterocycles. The molecule has 3 aromatic carbocycles. The van der Waals surface area contributed by atoms with E-state index in [9.17, 15) is 0 Å². The lowest BCUT2D eigenvalue weighted by Crippen LogP contribution is -2.00. The molecular weight excluding hydrogens is 268 g/mol. The lowest BCUT2D eigenvalue weighted by molar-refractivity contribution is 0.312. The highest BCUT2D eigenvalue weighted by molar-refractivity contribution is 5.70. The van der Waals surface area contributed by atoms with Crippen molar-refractivity contribution in [2.45, 2.75) is 12.8 Å². The molecule has 0 radical (unpaired) electrons. The Hall–Kier alpha value is -2.54. The minimum absolute atomic E-state index is 0.735. The molecule has 0 aliphatic carbocycles. The molecule has 0 saturated carbocycles. The molecule has 0 saturated heterocycles. The van der Waals surface area contributed by atoms with Crippen molar-refractivity contribution in [2.75, 3.05) is 6.61 Å². The molecule has 0 fully saturated rings. The second-order valence-electron chi connectivity index (χ2n) is 5.30. The zero-order valence-corrected chi connectivity index (χ0v) is 12.6. The summed E-state index contributed by atoms with van der Waals surface area (Å²) in [4.78, 5) is 0. The van der Waals surface area contributed by atoms with E-state index in [1.165, 1.54) is 11.1 Å². The van der Waals surface area contributed by atoms with Gasteiger partial charge in [-0.1, -0.05) is 78.9 Å².